The van der Waals surface area contributed by atoms with E-state index in [2.05, 4.69) is 0 Å². The van der Waals surface area contributed by atoms with Crippen molar-refractivity contribution in [1.29, 1.82) is 0 Å². The van der Waals surface area contributed by atoms with Crippen LogP contribution in [0.2, 0.25) is 0 Å². The van der Waals surface area contributed by atoms with E-state index in [4.69, 9.17) is 4.74 Å². The Morgan fingerprint density at radius 1 is 1.27 bits per heavy atom. The summed E-state index contributed by atoms with van der Waals surface area (Å²) in [7, 11) is 0. The van der Waals surface area contributed by atoms with Crippen molar-refractivity contribution in [3.05, 3.63) is 11.6 Å². The second-order valence-corrected chi connectivity index (χ2v) is 5.24. The number of rotatable bonds is 0. The van der Waals surface area contributed by atoms with Gasteiger partial charge in [-0.1, -0.05) is 6.08 Å². The first-order valence-corrected chi connectivity index (χ1v) is 5.50. The molecule has 6 atom stereocenters. The summed E-state index contributed by atoms with van der Waals surface area (Å²) in [5.41, 5.74) is -0.259. The van der Waals surface area contributed by atoms with Gasteiger partial charge in [-0.05, 0) is 36.5 Å². The lowest BCUT2D eigenvalue weighted by Crippen LogP contribution is -2.28. The fourth-order valence-corrected chi connectivity index (χ4v) is 4.15. The lowest BCUT2D eigenvalue weighted by atomic mass is 9.81. The summed E-state index contributed by atoms with van der Waals surface area (Å²) in [4.78, 5) is 0. The lowest BCUT2D eigenvalue weighted by Gasteiger charge is -2.27. The second-order valence-electron chi connectivity index (χ2n) is 5.24. The third-order valence-corrected chi connectivity index (χ3v) is 4.66. The van der Waals surface area contributed by atoms with E-state index in [-0.39, 0.29) is 29.4 Å². The Kier molecular flexibility index (Phi) is 1.30. The third kappa shape index (κ3) is 0.942. The van der Waals surface area contributed by atoms with Crippen molar-refractivity contribution < 1.29 is 17.9 Å². The highest BCUT2D eigenvalue weighted by molar-refractivity contribution is 5.31. The first kappa shape index (κ1) is 8.62. The van der Waals surface area contributed by atoms with Crippen LogP contribution in [0.4, 0.5) is 13.2 Å². The molecule has 4 aliphatic rings. The predicted octanol–water partition coefficient (Wildman–Crippen LogP) is 2.53. The van der Waals surface area contributed by atoms with Crippen molar-refractivity contribution in [3.63, 3.8) is 0 Å². The molecular formula is C11H11F3O. The maximum Gasteiger partial charge on any atom is 0.412 e. The van der Waals surface area contributed by atoms with E-state index in [1.54, 1.807) is 0 Å². The number of halogens is 3. The minimum absolute atomic E-state index is 0.163. The number of ether oxygens (including phenoxy) is 1. The van der Waals surface area contributed by atoms with E-state index < -0.39 is 6.18 Å². The summed E-state index contributed by atoms with van der Waals surface area (Å²) in [5, 5.41) is 0. The first-order valence-electron chi connectivity index (χ1n) is 5.50. The van der Waals surface area contributed by atoms with Gasteiger partial charge in [0.2, 0.25) is 0 Å². The average molecular weight is 216 g/mol. The SMILES string of the molecule is FC(F)(F)C1=CC2CC1C1C2CC2OC21. The fraction of sp³-hybridized carbons (Fsp3) is 0.818. The van der Waals surface area contributed by atoms with Crippen LogP contribution in [0.25, 0.3) is 0 Å². The van der Waals surface area contributed by atoms with Crippen molar-refractivity contribution in [1.82, 2.24) is 0 Å². The van der Waals surface area contributed by atoms with Gasteiger partial charge in [-0.25, -0.2) is 0 Å². The summed E-state index contributed by atoms with van der Waals surface area (Å²) >= 11 is 0. The third-order valence-electron chi connectivity index (χ3n) is 4.66. The van der Waals surface area contributed by atoms with Crippen molar-refractivity contribution in [2.75, 3.05) is 0 Å². The number of fused-ring (bicyclic) bond motifs is 7. The molecule has 1 saturated heterocycles. The normalized spacial score (nSPS) is 55.3. The molecule has 1 aliphatic heterocycles. The summed E-state index contributed by atoms with van der Waals surface area (Å²) in [5.74, 6) is 0.608. The molecule has 6 unspecified atom stereocenters. The van der Waals surface area contributed by atoms with Crippen LogP contribution >= 0.6 is 0 Å². The van der Waals surface area contributed by atoms with E-state index in [1.165, 1.54) is 6.08 Å². The Labute approximate surface area is 85.3 Å². The molecule has 0 aromatic carbocycles. The molecule has 1 nitrogen and oxygen atoms in total. The van der Waals surface area contributed by atoms with Crippen LogP contribution in [0, 0.1) is 23.7 Å². The van der Waals surface area contributed by atoms with Crippen LogP contribution in [0.1, 0.15) is 12.8 Å². The van der Waals surface area contributed by atoms with Gasteiger partial charge in [0.15, 0.2) is 0 Å². The molecule has 3 aliphatic carbocycles. The Morgan fingerprint density at radius 3 is 2.80 bits per heavy atom. The molecule has 15 heavy (non-hydrogen) atoms. The van der Waals surface area contributed by atoms with Crippen molar-refractivity contribution >= 4 is 0 Å². The monoisotopic (exact) mass is 216 g/mol. The quantitative estimate of drug-likeness (QED) is 0.447. The van der Waals surface area contributed by atoms with Gasteiger partial charge in [0, 0.05) is 5.57 Å². The van der Waals surface area contributed by atoms with E-state index in [9.17, 15) is 13.2 Å². The minimum atomic E-state index is -4.11. The van der Waals surface area contributed by atoms with Crippen molar-refractivity contribution in [2.45, 2.75) is 31.2 Å². The Morgan fingerprint density at radius 2 is 2.07 bits per heavy atom. The maximum absolute atomic E-state index is 12.7. The summed E-state index contributed by atoms with van der Waals surface area (Å²) < 4.78 is 43.5. The molecule has 0 spiro atoms. The van der Waals surface area contributed by atoms with Gasteiger partial charge in [-0.2, -0.15) is 13.2 Å². The van der Waals surface area contributed by atoms with E-state index in [1.807, 2.05) is 0 Å². The number of hydrogen-bond donors (Lipinski definition) is 0. The molecule has 3 fully saturated rings. The van der Waals surface area contributed by atoms with Gasteiger partial charge in [0.05, 0.1) is 12.2 Å². The topological polar surface area (TPSA) is 12.5 Å². The molecule has 4 heteroatoms. The van der Waals surface area contributed by atoms with Crippen LogP contribution in [-0.2, 0) is 4.74 Å². The molecule has 0 amide bonds. The van der Waals surface area contributed by atoms with Crippen LogP contribution in [0.3, 0.4) is 0 Å². The molecule has 0 aromatic heterocycles. The number of alkyl halides is 3. The van der Waals surface area contributed by atoms with E-state index >= 15 is 0 Å². The van der Waals surface area contributed by atoms with Crippen molar-refractivity contribution in [3.8, 4) is 0 Å². The highest BCUT2D eigenvalue weighted by Crippen LogP contribution is 2.65. The van der Waals surface area contributed by atoms with Gasteiger partial charge in [-0.3, -0.25) is 0 Å². The first-order chi connectivity index (χ1) is 7.05. The van der Waals surface area contributed by atoms with Gasteiger partial charge >= 0.3 is 6.18 Å². The zero-order valence-corrected chi connectivity index (χ0v) is 8.00. The Balaban J connectivity index is 1.72. The van der Waals surface area contributed by atoms with Crippen LogP contribution in [-0.4, -0.2) is 18.4 Å². The van der Waals surface area contributed by atoms with Crippen LogP contribution < -0.4 is 0 Å². The van der Waals surface area contributed by atoms with E-state index in [0.29, 0.717) is 12.0 Å². The summed E-state index contributed by atoms with van der Waals surface area (Å²) in [6.45, 7) is 0. The van der Waals surface area contributed by atoms with Gasteiger partial charge in [-0.15, -0.1) is 0 Å². The maximum atomic E-state index is 12.7. The van der Waals surface area contributed by atoms with Gasteiger partial charge in [0.1, 0.15) is 0 Å². The zero-order valence-electron chi connectivity index (χ0n) is 8.00. The molecule has 4 rings (SSSR count). The summed E-state index contributed by atoms with van der Waals surface area (Å²) in [6, 6.07) is 0. The molecular weight excluding hydrogens is 205 g/mol. The minimum Gasteiger partial charge on any atom is -0.369 e. The average Bonchev–Trinajstić information content (AvgIpc) is 2.61. The highest BCUT2D eigenvalue weighted by atomic mass is 19.4. The molecule has 0 N–H and O–H groups in total. The highest BCUT2D eigenvalue weighted by Gasteiger charge is 2.66. The summed E-state index contributed by atoms with van der Waals surface area (Å²) in [6.07, 6.45) is -0.439. The van der Waals surface area contributed by atoms with Gasteiger partial charge < -0.3 is 4.74 Å². The molecule has 82 valence electrons. The molecule has 0 radical (unpaired) electrons. The fourth-order valence-electron chi connectivity index (χ4n) is 4.15. The second kappa shape index (κ2) is 2.26. The van der Waals surface area contributed by atoms with E-state index in [0.717, 1.165) is 12.8 Å². The van der Waals surface area contributed by atoms with Crippen LogP contribution in [0.5, 0.6) is 0 Å². The Bertz CT molecular complexity index is 359. The Hall–Kier alpha value is -0.510. The molecule has 2 saturated carbocycles. The lowest BCUT2D eigenvalue weighted by molar-refractivity contribution is -0.101. The van der Waals surface area contributed by atoms with Crippen molar-refractivity contribution in [2.24, 2.45) is 23.7 Å². The smallest absolute Gasteiger partial charge is 0.369 e. The molecule has 2 bridgehead atoms. The van der Waals surface area contributed by atoms with Crippen LogP contribution in [0.15, 0.2) is 11.6 Å². The standard InChI is InChI=1S/C11H11F3O/c12-11(13,14)7-2-4-1-6(7)9-5(4)3-8-10(9)15-8/h2,4-6,8-10H,1,3H2. The largest absolute Gasteiger partial charge is 0.412 e. The predicted molar refractivity (Wildman–Crippen MR) is 46.0 cm³/mol. The number of epoxide rings is 1. The number of allylic oxidation sites excluding steroid dienone is 2. The zero-order chi connectivity index (χ0) is 10.4. The number of hydrogen-bond acceptors (Lipinski definition) is 1. The molecule has 1 heterocycles. The molecule has 0 aromatic rings. The van der Waals surface area contributed by atoms with Gasteiger partial charge in [0.25, 0.3) is 0 Å².